The molecule has 0 N–H and O–H groups in total. The van der Waals surface area contributed by atoms with Crippen molar-refractivity contribution in [3.8, 4) is 11.5 Å². The zero-order valence-corrected chi connectivity index (χ0v) is 15.8. The highest BCUT2D eigenvalue weighted by Gasteiger charge is 2.32. The average Bonchev–Trinajstić information content (AvgIpc) is 2.98. The van der Waals surface area contributed by atoms with Crippen LogP contribution in [0, 0.1) is 11.8 Å². The lowest BCUT2D eigenvalue weighted by Gasteiger charge is -2.34. The molecule has 1 amide bonds. The molecule has 1 unspecified atom stereocenters. The molecule has 1 saturated heterocycles. The van der Waals surface area contributed by atoms with E-state index in [1.54, 1.807) is 0 Å². The van der Waals surface area contributed by atoms with E-state index < -0.39 is 0 Å². The zero-order valence-electron chi connectivity index (χ0n) is 15.8. The number of carbonyl (C=O) groups excluding carboxylic acids is 1. The first-order chi connectivity index (χ1) is 13.8. The Morgan fingerprint density at radius 2 is 1.93 bits per heavy atom. The Morgan fingerprint density at radius 3 is 2.71 bits per heavy atom. The molecule has 144 valence electrons. The lowest BCUT2D eigenvalue weighted by molar-refractivity contribution is 0.0687. The van der Waals surface area contributed by atoms with Crippen molar-refractivity contribution in [3.63, 3.8) is 0 Å². The van der Waals surface area contributed by atoms with E-state index in [0.29, 0.717) is 42.0 Å². The van der Waals surface area contributed by atoms with E-state index in [-0.39, 0.29) is 5.91 Å². The predicted octanol–water partition coefficient (Wildman–Crippen LogP) is 4.38. The fraction of sp³-hybridized carbons (Fsp3) is 0.391. The summed E-state index contributed by atoms with van der Waals surface area (Å²) in [6.07, 6.45) is 3.84. The molecule has 0 radical (unpaired) electrons. The van der Waals surface area contributed by atoms with Gasteiger partial charge < -0.3 is 14.1 Å². The second-order valence-corrected chi connectivity index (χ2v) is 7.84. The summed E-state index contributed by atoms with van der Waals surface area (Å²) in [5.41, 5.74) is 2.99. The van der Waals surface area contributed by atoms with E-state index in [0.717, 1.165) is 24.2 Å². The highest BCUT2D eigenvalue weighted by atomic mass is 16.5. The number of fused-ring (bicyclic) bond motifs is 1. The second-order valence-electron chi connectivity index (χ2n) is 7.84. The van der Waals surface area contributed by atoms with E-state index in [9.17, 15) is 4.79 Å². The van der Waals surface area contributed by atoms with Crippen LogP contribution in [0.3, 0.4) is 0 Å². The third kappa shape index (κ3) is 3.31. The zero-order chi connectivity index (χ0) is 18.9. The number of benzene rings is 2. The molecule has 2 aliphatic rings. The minimum atomic E-state index is 0.0504. The summed E-state index contributed by atoms with van der Waals surface area (Å²) in [6, 6.07) is 15.4. The van der Waals surface area contributed by atoms with Crippen LogP contribution in [0.5, 0.6) is 0 Å². The van der Waals surface area contributed by atoms with Gasteiger partial charge in [-0.25, -0.2) is 4.98 Å². The van der Waals surface area contributed by atoms with Crippen molar-refractivity contribution in [3.05, 3.63) is 54.1 Å². The molecule has 5 nitrogen and oxygen atoms in total. The van der Waals surface area contributed by atoms with Gasteiger partial charge in [0.2, 0.25) is 5.89 Å². The third-order valence-corrected chi connectivity index (χ3v) is 6.05. The number of hydrogen-bond acceptors (Lipinski definition) is 4. The summed E-state index contributed by atoms with van der Waals surface area (Å²) in [4.78, 5) is 19.7. The van der Waals surface area contributed by atoms with Gasteiger partial charge in [-0.1, -0.05) is 37.5 Å². The highest BCUT2D eigenvalue weighted by molar-refractivity contribution is 5.97. The van der Waals surface area contributed by atoms with Crippen molar-refractivity contribution in [1.82, 2.24) is 9.88 Å². The van der Waals surface area contributed by atoms with Crippen molar-refractivity contribution in [2.45, 2.75) is 19.3 Å². The van der Waals surface area contributed by atoms with Crippen molar-refractivity contribution in [2.24, 2.45) is 11.8 Å². The number of oxazole rings is 1. The van der Waals surface area contributed by atoms with E-state index in [2.05, 4.69) is 4.98 Å². The maximum Gasteiger partial charge on any atom is 0.254 e. The van der Waals surface area contributed by atoms with E-state index >= 15 is 0 Å². The molecular weight excluding hydrogens is 352 g/mol. The molecule has 1 aliphatic heterocycles. The van der Waals surface area contributed by atoms with Gasteiger partial charge >= 0.3 is 0 Å². The molecule has 28 heavy (non-hydrogen) atoms. The normalized spacial score (nSPS) is 20.7. The van der Waals surface area contributed by atoms with Crippen LogP contribution < -0.4 is 0 Å². The van der Waals surface area contributed by atoms with Gasteiger partial charge in [0.1, 0.15) is 5.52 Å². The largest absolute Gasteiger partial charge is 0.436 e. The van der Waals surface area contributed by atoms with Crippen molar-refractivity contribution >= 4 is 17.0 Å². The lowest BCUT2D eigenvalue weighted by atomic mass is 9.76. The van der Waals surface area contributed by atoms with Crippen molar-refractivity contribution < 1.29 is 13.9 Å². The standard InChI is InChI=1S/C23H24N2O3/c26-23(25-11-12-27-15-19(14-25)16-7-4-8-16)18-9-10-20-21(13-18)28-22(24-20)17-5-2-1-3-6-17/h1-3,5-6,9-10,13,16,19H,4,7-8,11-12,14-15H2. The van der Waals surface area contributed by atoms with Gasteiger partial charge in [0.15, 0.2) is 5.58 Å². The first-order valence-corrected chi connectivity index (χ1v) is 10.1. The van der Waals surface area contributed by atoms with Gasteiger partial charge in [-0.2, -0.15) is 0 Å². The Morgan fingerprint density at radius 1 is 1.07 bits per heavy atom. The van der Waals surface area contributed by atoms with Crippen LogP contribution in [-0.2, 0) is 4.74 Å². The fourth-order valence-electron chi connectivity index (χ4n) is 4.16. The first-order valence-electron chi connectivity index (χ1n) is 10.1. The number of amides is 1. The minimum absolute atomic E-state index is 0.0504. The van der Waals surface area contributed by atoms with Crippen LogP contribution in [0.2, 0.25) is 0 Å². The maximum atomic E-state index is 13.2. The summed E-state index contributed by atoms with van der Waals surface area (Å²) >= 11 is 0. The quantitative estimate of drug-likeness (QED) is 0.681. The summed E-state index contributed by atoms with van der Waals surface area (Å²) in [7, 11) is 0. The average molecular weight is 376 g/mol. The number of nitrogens with zero attached hydrogens (tertiary/aromatic N) is 2. The van der Waals surface area contributed by atoms with Gasteiger partial charge in [-0.3, -0.25) is 4.79 Å². The van der Waals surface area contributed by atoms with Crippen LogP contribution in [0.4, 0.5) is 0 Å². The van der Waals surface area contributed by atoms with Gasteiger partial charge in [0.05, 0.1) is 13.2 Å². The third-order valence-electron chi connectivity index (χ3n) is 6.05. The molecule has 0 bridgehead atoms. The summed E-state index contributed by atoms with van der Waals surface area (Å²) in [5, 5.41) is 0. The molecule has 2 heterocycles. The smallest absolute Gasteiger partial charge is 0.254 e. The van der Waals surface area contributed by atoms with Crippen LogP contribution in [-0.4, -0.2) is 42.1 Å². The molecular formula is C23H24N2O3. The molecule has 5 heteroatoms. The molecule has 1 aliphatic carbocycles. The summed E-state index contributed by atoms with van der Waals surface area (Å²) in [5.74, 6) is 1.79. The second kappa shape index (κ2) is 7.40. The molecule has 1 aromatic heterocycles. The van der Waals surface area contributed by atoms with Gasteiger partial charge in [-0.15, -0.1) is 0 Å². The SMILES string of the molecule is O=C(c1ccc2nc(-c3ccccc3)oc2c1)N1CCOCC(C2CCC2)C1. The number of rotatable bonds is 3. The van der Waals surface area contributed by atoms with Gasteiger partial charge in [0, 0.05) is 30.1 Å². The van der Waals surface area contributed by atoms with Crippen LogP contribution in [0.1, 0.15) is 29.6 Å². The molecule has 0 spiro atoms. The summed E-state index contributed by atoms with van der Waals surface area (Å²) in [6.45, 7) is 2.81. The van der Waals surface area contributed by atoms with Crippen LogP contribution in [0.25, 0.3) is 22.6 Å². The maximum absolute atomic E-state index is 13.2. The van der Waals surface area contributed by atoms with Crippen LogP contribution in [0.15, 0.2) is 52.9 Å². The Balaban J connectivity index is 1.39. The Kier molecular flexibility index (Phi) is 4.61. The van der Waals surface area contributed by atoms with Gasteiger partial charge in [0.25, 0.3) is 5.91 Å². The number of carbonyl (C=O) groups is 1. The molecule has 1 atom stereocenters. The monoisotopic (exact) mass is 376 g/mol. The highest BCUT2D eigenvalue weighted by Crippen LogP contribution is 2.35. The Hall–Kier alpha value is -2.66. The number of hydrogen-bond donors (Lipinski definition) is 0. The minimum Gasteiger partial charge on any atom is -0.436 e. The van der Waals surface area contributed by atoms with E-state index in [1.807, 2.05) is 53.4 Å². The first kappa shape index (κ1) is 17.4. The van der Waals surface area contributed by atoms with E-state index in [4.69, 9.17) is 9.15 Å². The molecule has 1 saturated carbocycles. The van der Waals surface area contributed by atoms with Crippen LogP contribution >= 0.6 is 0 Å². The topological polar surface area (TPSA) is 55.6 Å². The molecule has 5 rings (SSSR count). The predicted molar refractivity (Wildman–Crippen MR) is 107 cm³/mol. The van der Waals surface area contributed by atoms with Gasteiger partial charge in [-0.05, 0) is 36.2 Å². The fourth-order valence-corrected chi connectivity index (χ4v) is 4.16. The molecule has 2 fully saturated rings. The van der Waals surface area contributed by atoms with E-state index in [1.165, 1.54) is 19.3 Å². The number of ether oxygens (including phenoxy) is 1. The molecule has 2 aromatic carbocycles. The Labute approximate surface area is 164 Å². The lowest BCUT2D eigenvalue weighted by Crippen LogP contribution is -2.39. The number of aromatic nitrogens is 1. The summed E-state index contributed by atoms with van der Waals surface area (Å²) < 4.78 is 11.7. The Bertz CT molecular complexity index is 978. The van der Waals surface area contributed by atoms with Crippen molar-refractivity contribution in [2.75, 3.05) is 26.3 Å². The van der Waals surface area contributed by atoms with Crippen molar-refractivity contribution in [1.29, 1.82) is 0 Å². The molecule has 3 aromatic rings.